The Labute approximate surface area is 79.9 Å². The van der Waals surface area contributed by atoms with Gasteiger partial charge in [0.15, 0.2) is 0 Å². The molecule has 0 aliphatic carbocycles. The van der Waals surface area contributed by atoms with Crippen LogP contribution in [-0.2, 0) is 0 Å². The summed E-state index contributed by atoms with van der Waals surface area (Å²) < 4.78 is 0. The minimum Gasteiger partial charge on any atom is -0.387 e. The van der Waals surface area contributed by atoms with Gasteiger partial charge >= 0.3 is 0 Å². The van der Waals surface area contributed by atoms with Gasteiger partial charge < -0.3 is 10.8 Å². The summed E-state index contributed by atoms with van der Waals surface area (Å²) in [6, 6.07) is 0.347. The average molecular weight is 184 g/mol. The van der Waals surface area contributed by atoms with Crippen LogP contribution in [0.3, 0.4) is 0 Å². The van der Waals surface area contributed by atoms with Crippen LogP contribution in [0.4, 0.5) is 0 Å². The molecule has 2 saturated heterocycles. The fourth-order valence-corrected chi connectivity index (χ4v) is 2.86. The fourth-order valence-electron chi connectivity index (χ4n) is 2.86. The van der Waals surface area contributed by atoms with Crippen LogP contribution in [-0.4, -0.2) is 41.3 Å². The minimum absolute atomic E-state index is 0.347. The molecule has 76 valence electrons. The Morgan fingerprint density at radius 1 is 1.31 bits per heavy atom. The van der Waals surface area contributed by atoms with Crippen molar-refractivity contribution in [1.29, 1.82) is 0 Å². The molecule has 2 rings (SSSR count). The molecular weight excluding hydrogens is 164 g/mol. The van der Waals surface area contributed by atoms with Gasteiger partial charge in [-0.25, -0.2) is 0 Å². The van der Waals surface area contributed by atoms with Crippen molar-refractivity contribution >= 4 is 0 Å². The van der Waals surface area contributed by atoms with Crippen molar-refractivity contribution in [1.82, 2.24) is 4.90 Å². The van der Waals surface area contributed by atoms with Gasteiger partial charge in [-0.2, -0.15) is 0 Å². The highest BCUT2D eigenvalue weighted by molar-refractivity contribution is 4.98. The lowest BCUT2D eigenvalue weighted by atomic mass is 9.80. The first-order valence-electron chi connectivity index (χ1n) is 5.43. The van der Waals surface area contributed by atoms with Crippen LogP contribution in [0.15, 0.2) is 0 Å². The highest BCUT2D eigenvalue weighted by atomic mass is 16.3. The van der Waals surface area contributed by atoms with Crippen LogP contribution < -0.4 is 5.73 Å². The monoisotopic (exact) mass is 184 g/mol. The molecule has 0 spiro atoms. The van der Waals surface area contributed by atoms with E-state index in [0.29, 0.717) is 12.6 Å². The zero-order chi connectivity index (χ0) is 9.31. The van der Waals surface area contributed by atoms with E-state index in [1.54, 1.807) is 0 Å². The predicted octanol–water partition coefficient (Wildman–Crippen LogP) is 0.324. The minimum atomic E-state index is -0.585. The second-order valence-corrected chi connectivity index (χ2v) is 4.46. The van der Waals surface area contributed by atoms with E-state index in [4.69, 9.17) is 5.73 Å². The van der Waals surface area contributed by atoms with Crippen LogP contribution in [0.2, 0.25) is 0 Å². The van der Waals surface area contributed by atoms with Gasteiger partial charge in [-0.05, 0) is 38.8 Å². The molecule has 2 unspecified atom stereocenters. The van der Waals surface area contributed by atoms with Crippen molar-refractivity contribution in [2.45, 2.75) is 43.7 Å². The van der Waals surface area contributed by atoms with Crippen molar-refractivity contribution in [3.8, 4) is 0 Å². The Morgan fingerprint density at radius 2 is 2.08 bits per heavy atom. The van der Waals surface area contributed by atoms with Crippen molar-refractivity contribution in [2.24, 2.45) is 5.73 Å². The van der Waals surface area contributed by atoms with Gasteiger partial charge in [-0.1, -0.05) is 6.42 Å². The van der Waals surface area contributed by atoms with Crippen LogP contribution in [0.1, 0.15) is 32.1 Å². The van der Waals surface area contributed by atoms with Crippen LogP contribution in [0.5, 0.6) is 0 Å². The third kappa shape index (κ3) is 1.60. The Hall–Kier alpha value is -0.120. The number of nitrogens with zero attached hydrogens (tertiary/aromatic N) is 1. The normalized spacial score (nSPS) is 41.5. The molecule has 2 fully saturated rings. The first-order valence-corrected chi connectivity index (χ1v) is 5.43. The van der Waals surface area contributed by atoms with Gasteiger partial charge in [0.25, 0.3) is 0 Å². The van der Waals surface area contributed by atoms with E-state index >= 15 is 0 Å². The number of fused-ring (bicyclic) bond motifs is 1. The lowest BCUT2D eigenvalue weighted by Gasteiger charge is -2.49. The maximum atomic E-state index is 10.3. The number of piperidine rings is 2. The number of nitrogens with two attached hydrogens (primary N) is 1. The fraction of sp³-hybridized carbons (Fsp3) is 1.00. The maximum Gasteiger partial charge on any atom is 0.0924 e. The topological polar surface area (TPSA) is 49.5 Å². The van der Waals surface area contributed by atoms with E-state index in [1.165, 1.54) is 12.8 Å². The van der Waals surface area contributed by atoms with E-state index < -0.39 is 5.60 Å². The number of hydrogen-bond acceptors (Lipinski definition) is 3. The Bertz CT molecular complexity index is 184. The summed E-state index contributed by atoms with van der Waals surface area (Å²) >= 11 is 0. The molecule has 0 aromatic rings. The summed E-state index contributed by atoms with van der Waals surface area (Å²) in [6.07, 6.45) is 5.67. The van der Waals surface area contributed by atoms with E-state index in [9.17, 15) is 5.11 Å². The molecule has 3 heteroatoms. The molecule has 0 bridgehead atoms. The third-order valence-corrected chi connectivity index (χ3v) is 3.64. The van der Waals surface area contributed by atoms with E-state index in [0.717, 1.165) is 32.4 Å². The molecule has 3 nitrogen and oxygen atoms in total. The van der Waals surface area contributed by atoms with E-state index in [-0.39, 0.29) is 0 Å². The summed E-state index contributed by atoms with van der Waals surface area (Å²) in [5.74, 6) is 0. The quantitative estimate of drug-likeness (QED) is 0.617. The number of hydrogen-bond donors (Lipinski definition) is 2. The molecule has 2 aliphatic heterocycles. The molecule has 2 aliphatic rings. The van der Waals surface area contributed by atoms with Gasteiger partial charge in [-0.3, -0.25) is 4.90 Å². The highest BCUT2D eigenvalue weighted by Crippen LogP contribution is 2.33. The largest absolute Gasteiger partial charge is 0.387 e. The van der Waals surface area contributed by atoms with Gasteiger partial charge in [0.2, 0.25) is 0 Å². The van der Waals surface area contributed by atoms with E-state index in [2.05, 4.69) is 4.90 Å². The first kappa shape index (κ1) is 9.44. The van der Waals surface area contributed by atoms with Crippen LogP contribution >= 0.6 is 0 Å². The molecule has 0 radical (unpaired) electrons. The molecule has 0 aromatic carbocycles. The lowest BCUT2D eigenvalue weighted by Crippen LogP contribution is -2.61. The van der Waals surface area contributed by atoms with Crippen molar-refractivity contribution in [3.05, 3.63) is 0 Å². The molecule has 13 heavy (non-hydrogen) atoms. The number of aliphatic hydroxyl groups is 1. The van der Waals surface area contributed by atoms with Crippen molar-refractivity contribution in [2.75, 3.05) is 19.6 Å². The standard InChI is InChI=1S/C10H20N2O/c11-8-10(13)5-3-7-12-6-2-1-4-9(10)12/h9,13H,1-8,11H2. The summed E-state index contributed by atoms with van der Waals surface area (Å²) in [5, 5.41) is 10.3. The second kappa shape index (κ2) is 3.56. The lowest BCUT2D eigenvalue weighted by molar-refractivity contribution is -0.0872. The highest BCUT2D eigenvalue weighted by Gasteiger charge is 2.42. The molecule has 3 N–H and O–H groups in total. The molecule has 0 aromatic heterocycles. The maximum absolute atomic E-state index is 10.3. The zero-order valence-electron chi connectivity index (χ0n) is 8.21. The number of rotatable bonds is 1. The Balaban J connectivity index is 2.11. The molecule has 0 saturated carbocycles. The third-order valence-electron chi connectivity index (χ3n) is 3.64. The Morgan fingerprint density at radius 3 is 2.85 bits per heavy atom. The van der Waals surface area contributed by atoms with Crippen LogP contribution in [0, 0.1) is 0 Å². The average Bonchev–Trinajstić information content (AvgIpc) is 2.19. The smallest absolute Gasteiger partial charge is 0.0924 e. The molecule has 2 atom stereocenters. The molecule has 2 heterocycles. The van der Waals surface area contributed by atoms with Gasteiger partial charge in [0.05, 0.1) is 5.60 Å². The second-order valence-electron chi connectivity index (χ2n) is 4.46. The zero-order valence-corrected chi connectivity index (χ0v) is 8.21. The van der Waals surface area contributed by atoms with E-state index in [1.807, 2.05) is 0 Å². The Kier molecular flexibility index (Phi) is 2.58. The summed E-state index contributed by atoms with van der Waals surface area (Å²) in [4.78, 5) is 2.43. The van der Waals surface area contributed by atoms with Crippen LogP contribution in [0.25, 0.3) is 0 Å². The van der Waals surface area contributed by atoms with Crippen molar-refractivity contribution < 1.29 is 5.11 Å². The van der Waals surface area contributed by atoms with Gasteiger partial charge in [-0.15, -0.1) is 0 Å². The first-order chi connectivity index (χ1) is 6.26. The molecular formula is C10H20N2O. The van der Waals surface area contributed by atoms with Gasteiger partial charge in [0, 0.05) is 12.6 Å². The molecule has 0 amide bonds. The summed E-state index contributed by atoms with van der Waals surface area (Å²) in [6.45, 7) is 2.74. The summed E-state index contributed by atoms with van der Waals surface area (Å²) in [5.41, 5.74) is 5.08. The van der Waals surface area contributed by atoms with Crippen molar-refractivity contribution in [3.63, 3.8) is 0 Å². The predicted molar refractivity (Wildman–Crippen MR) is 52.5 cm³/mol. The summed E-state index contributed by atoms with van der Waals surface area (Å²) in [7, 11) is 0. The van der Waals surface area contributed by atoms with Gasteiger partial charge in [0.1, 0.15) is 0 Å². The SMILES string of the molecule is NCC1(O)CCCN2CCCCC21.